The lowest BCUT2D eigenvalue weighted by molar-refractivity contribution is -0.670. The minimum absolute atomic E-state index is 0.756. The van der Waals surface area contributed by atoms with Crippen molar-refractivity contribution in [2.24, 2.45) is 0 Å². The third kappa shape index (κ3) is 5.32. The van der Waals surface area contributed by atoms with Crippen molar-refractivity contribution in [2.45, 2.75) is 13.5 Å². The van der Waals surface area contributed by atoms with Crippen molar-refractivity contribution in [2.75, 3.05) is 0 Å². The minimum atomic E-state index is -6.00. The molecule has 0 aliphatic carbocycles. The van der Waals surface area contributed by atoms with Crippen molar-refractivity contribution in [1.82, 2.24) is 9.20 Å². The van der Waals surface area contributed by atoms with Gasteiger partial charge in [-0.15, -0.1) is 4.52 Å². The minimum Gasteiger partial charge on any atom is -0.418 e. The van der Waals surface area contributed by atoms with E-state index in [1.165, 1.54) is 11.1 Å². The van der Waals surface area contributed by atoms with Crippen LogP contribution in [0.25, 0.3) is 11.3 Å². The van der Waals surface area contributed by atoms with Crippen LogP contribution < -0.4 is 4.57 Å². The maximum atomic E-state index is 9.75. The van der Waals surface area contributed by atoms with Crippen LogP contribution in [0.5, 0.6) is 0 Å². The van der Waals surface area contributed by atoms with E-state index in [1.807, 2.05) is 24.4 Å². The van der Waals surface area contributed by atoms with E-state index in [0.717, 1.165) is 22.7 Å². The van der Waals surface area contributed by atoms with Gasteiger partial charge in [0.2, 0.25) is 0 Å². The molecule has 0 spiro atoms. The number of halogens is 4. The smallest absolute Gasteiger partial charge is 0.418 e. The molecule has 0 saturated heterocycles. The Morgan fingerprint density at radius 3 is 2.07 bits per heavy atom. The van der Waals surface area contributed by atoms with Crippen molar-refractivity contribution >= 4 is 25.1 Å². The number of pyridine rings is 1. The molecule has 0 aliphatic heterocycles. The fourth-order valence-corrected chi connectivity index (χ4v) is 3.30. The summed E-state index contributed by atoms with van der Waals surface area (Å²) in [6.45, 7) is 2.85. The molecule has 0 aliphatic rings. The van der Waals surface area contributed by atoms with E-state index in [-0.39, 0.29) is 0 Å². The molecule has 3 nitrogen and oxygen atoms in total. The zero-order valence-corrected chi connectivity index (χ0v) is 16.4. The largest absolute Gasteiger partial charge is 0.673 e. The summed E-state index contributed by atoms with van der Waals surface area (Å²) in [7, 11) is -6.00. The van der Waals surface area contributed by atoms with Gasteiger partial charge in [-0.2, -0.15) is 0 Å². The number of rotatable bonds is 3. The van der Waals surface area contributed by atoms with Gasteiger partial charge >= 0.3 is 12.0 Å². The van der Waals surface area contributed by atoms with E-state index in [2.05, 4.69) is 75.3 Å². The molecule has 4 aromatic rings. The predicted octanol–water partition coefficient (Wildman–Crippen LogP) is 5.40. The molecule has 0 fully saturated rings. The second kappa shape index (κ2) is 8.61. The molecule has 0 radical (unpaired) electrons. The molecule has 2 aromatic carbocycles. The van der Waals surface area contributed by atoms with Crippen molar-refractivity contribution < 1.29 is 21.8 Å². The summed E-state index contributed by atoms with van der Waals surface area (Å²) in [5.41, 5.74) is 4.62. The first-order chi connectivity index (χ1) is 13.7. The number of nitrogens with zero attached hydrogens (tertiary/aromatic N) is 3. The zero-order valence-electron chi connectivity index (χ0n) is 15.6. The topological polar surface area (TPSA) is 13.2 Å². The van der Waals surface area contributed by atoms with Crippen LogP contribution in [0, 0.1) is 11.7 Å². The molecule has 29 heavy (non-hydrogen) atoms. The fraction of sp³-hybridized carbons (Fsp3) is 0.100. The molecular formula is C20H18BF4N3S. The normalized spacial score (nSPS) is 11.2. The second-order valence-electron chi connectivity index (χ2n) is 6.40. The lowest BCUT2D eigenvalue weighted by atomic mass is 10.2. The Morgan fingerprint density at radius 2 is 1.45 bits per heavy atom. The molecule has 2 heterocycles. The third-order valence-electron chi connectivity index (χ3n) is 4.18. The van der Waals surface area contributed by atoms with Crippen molar-refractivity contribution in [3.05, 3.63) is 94.9 Å². The summed E-state index contributed by atoms with van der Waals surface area (Å²) in [6, 6.07) is 25.0. The quantitative estimate of drug-likeness (QED) is 0.188. The van der Waals surface area contributed by atoms with Crippen molar-refractivity contribution in [1.29, 1.82) is 0 Å². The van der Waals surface area contributed by atoms with Gasteiger partial charge in [0.05, 0.1) is 6.54 Å². The number of fused-ring (bicyclic) bond motifs is 1. The highest BCUT2D eigenvalue weighted by atomic mass is 32.1. The van der Waals surface area contributed by atoms with E-state index in [1.54, 1.807) is 0 Å². The Hall–Kier alpha value is -2.94. The Balaban J connectivity index is 0.000000431. The molecule has 0 unspecified atom stereocenters. The number of hydrogen-bond acceptors (Lipinski definition) is 1. The van der Waals surface area contributed by atoms with Gasteiger partial charge in [0, 0.05) is 6.07 Å². The number of hydrogen-bond donors (Lipinski definition) is 0. The van der Waals surface area contributed by atoms with Crippen LogP contribution in [0.3, 0.4) is 0 Å². The average molecular weight is 419 g/mol. The maximum absolute atomic E-state index is 9.75. The summed E-state index contributed by atoms with van der Waals surface area (Å²) in [6.07, 6.45) is 2.05. The van der Waals surface area contributed by atoms with Gasteiger partial charge in [-0.3, -0.25) is 0 Å². The molecule has 150 valence electrons. The molecule has 0 bridgehead atoms. The van der Waals surface area contributed by atoms with Crippen LogP contribution in [0.4, 0.5) is 17.3 Å². The highest BCUT2D eigenvalue weighted by Gasteiger charge is 2.21. The Bertz CT molecular complexity index is 1150. The lowest BCUT2D eigenvalue weighted by Gasteiger charge is -1.98. The van der Waals surface area contributed by atoms with Crippen LogP contribution in [-0.2, 0) is 6.54 Å². The summed E-state index contributed by atoms with van der Waals surface area (Å²) in [5.74, 6) is 0. The van der Waals surface area contributed by atoms with Gasteiger partial charge in [-0.25, -0.2) is 4.57 Å². The van der Waals surface area contributed by atoms with Gasteiger partial charge in [0.25, 0.3) is 5.65 Å². The van der Waals surface area contributed by atoms with Gasteiger partial charge < -0.3 is 17.3 Å². The highest BCUT2D eigenvalue weighted by molar-refractivity contribution is 7.71. The predicted molar refractivity (Wildman–Crippen MR) is 108 cm³/mol. The monoisotopic (exact) mass is 419 g/mol. The average Bonchev–Trinajstić information content (AvgIpc) is 2.94. The van der Waals surface area contributed by atoms with E-state index in [9.17, 15) is 17.3 Å². The Morgan fingerprint density at radius 1 is 0.862 bits per heavy atom. The Kier molecular flexibility index (Phi) is 6.17. The van der Waals surface area contributed by atoms with Crippen LogP contribution >= 0.6 is 12.2 Å². The van der Waals surface area contributed by atoms with E-state index in [4.69, 9.17) is 12.2 Å². The maximum Gasteiger partial charge on any atom is 0.673 e. The third-order valence-corrected chi connectivity index (χ3v) is 4.58. The summed E-state index contributed by atoms with van der Waals surface area (Å²) >= 11 is 5.81. The van der Waals surface area contributed by atoms with Crippen LogP contribution in [-0.4, -0.2) is 16.5 Å². The van der Waals surface area contributed by atoms with E-state index in [0.29, 0.717) is 0 Å². The number of benzene rings is 2. The SMILES string of the molecule is Cc1ccc(-n2c(=S)[n+](Cc3ccccc3)c3ccccn32)cc1.F[B-](F)(F)F. The van der Waals surface area contributed by atoms with Gasteiger partial charge in [0.1, 0.15) is 11.9 Å². The summed E-state index contributed by atoms with van der Waals surface area (Å²) in [5, 5.41) is 0. The lowest BCUT2D eigenvalue weighted by Crippen LogP contribution is -2.35. The van der Waals surface area contributed by atoms with Gasteiger partial charge in [0.15, 0.2) is 0 Å². The van der Waals surface area contributed by atoms with E-state index < -0.39 is 7.25 Å². The molecule has 0 atom stereocenters. The van der Waals surface area contributed by atoms with Crippen molar-refractivity contribution in [3.63, 3.8) is 0 Å². The molecule has 0 saturated carbocycles. The molecule has 4 rings (SSSR count). The van der Waals surface area contributed by atoms with Crippen LogP contribution in [0.2, 0.25) is 0 Å². The first kappa shape index (κ1) is 20.8. The second-order valence-corrected chi connectivity index (χ2v) is 6.77. The molecule has 0 N–H and O–H groups in total. The zero-order chi connectivity index (χ0) is 21.0. The summed E-state index contributed by atoms with van der Waals surface area (Å²) in [4.78, 5) is 0. The number of aromatic nitrogens is 3. The first-order valence-corrected chi connectivity index (χ1v) is 9.25. The van der Waals surface area contributed by atoms with Crippen LogP contribution in [0.15, 0.2) is 79.0 Å². The standard InChI is InChI=1S/C20H18N3S.BF4/c1-16-10-12-18(13-11-16)23-20(24)21(15-17-7-3-2-4-8-17)19-9-5-6-14-22(19)23;2-1(3,4)5/h2-14H,15H2,1H3;/q+1;-1. The fourth-order valence-electron chi connectivity index (χ4n) is 2.95. The highest BCUT2D eigenvalue weighted by Crippen LogP contribution is 2.13. The van der Waals surface area contributed by atoms with Crippen LogP contribution in [0.1, 0.15) is 11.1 Å². The molecular weight excluding hydrogens is 401 g/mol. The molecule has 2 aromatic heterocycles. The summed E-state index contributed by atoms with van der Waals surface area (Å²) < 4.78 is 46.1. The van der Waals surface area contributed by atoms with Crippen molar-refractivity contribution in [3.8, 4) is 5.69 Å². The molecule has 9 heteroatoms. The van der Waals surface area contributed by atoms with Gasteiger partial charge in [-0.1, -0.05) is 58.8 Å². The molecule has 0 amide bonds. The van der Waals surface area contributed by atoms with Gasteiger partial charge in [-0.05, 0) is 42.9 Å². The first-order valence-electron chi connectivity index (χ1n) is 8.84. The number of aryl methyl sites for hydroxylation is 1. The van der Waals surface area contributed by atoms with E-state index >= 15 is 0 Å². The Labute approximate surface area is 170 Å².